The topological polar surface area (TPSA) is 55.2 Å². The van der Waals surface area contributed by atoms with E-state index in [4.69, 9.17) is 0 Å². The maximum absolute atomic E-state index is 11.0. The number of rotatable bonds is 4. The number of hydrogen-bond donors (Lipinski definition) is 0. The Hall–Kier alpha value is -0.880. The molecule has 0 atom stereocenters. The summed E-state index contributed by atoms with van der Waals surface area (Å²) in [4.78, 5) is 3.86. The van der Waals surface area contributed by atoms with Crippen molar-refractivity contribution in [3.8, 4) is 0 Å². The Morgan fingerprint density at radius 1 is 1.54 bits per heavy atom. The molecule has 0 aliphatic rings. The normalized spacial score (nSPS) is 12.2. The van der Waals surface area contributed by atoms with E-state index < -0.39 is 10.0 Å². The highest BCUT2D eigenvalue weighted by Gasteiger charge is 2.09. The Morgan fingerprint density at radius 2 is 2.23 bits per heavy atom. The maximum atomic E-state index is 11.0. The Morgan fingerprint density at radius 3 is 2.69 bits per heavy atom. The van der Waals surface area contributed by atoms with E-state index in [1.54, 1.807) is 25.8 Å². The van der Waals surface area contributed by atoms with Gasteiger partial charge in [-0.1, -0.05) is 0 Å². The van der Waals surface area contributed by atoms with Crippen molar-refractivity contribution in [2.45, 2.75) is 6.54 Å². The highest BCUT2D eigenvalue weighted by molar-refractivity contribution is 7.88. The van der Waals surface area contributed by atoms with Crippen molar-refractivity contribution in [3.05, 3.63) is 18.7 Å². The van der Waals surface area contributed by atoms with Gasteiger partial charge in [-0.3, -0.25) is 0 Å². The van der Waals surface area contributed by atoms with Gasteiger partial charge in [0.1, 0.15) is 0 Å². The Labute approximate surface area is 78.1 Å². The Kier molecular flexibility index (Phi) is 3.05. The molecule has 0 saturated heterocycles. The fraction of sp³-hybridized carbons (Fsp3) is 0.571. The van der Waals surface area contributed by atoms with Gasteiger partial charge in [-0.05, 0) is 0 Å². The van der Waals surface area contributed by atoms with Gasteiger partial charge in [0.15, 0.2) is 0 Å². The minimum atomic E-state index is -3.06. The third-order valence-electron chi connectivity index (χ3n) is 1.80. The van der Waals surface area contributed by atoms with Gasteiger partial charge in [-0.25, -0.2) is 17.7 Å². The SMILES string of the molecule is CN(CCn1ccnc1)S(C)(=O)=O. The monoisotopic (exact) mass is 203 g/mol. The number of likely N-dealkylation sites (N-methyl/N-ethyl adjacent to an activating group) is 1. The second-order valence-corrected chi connectivity index (χ2v) is 4.97. The van der Waals surface area contributed by atoms with Gasteiger partial charge in [0, 0.05) is 32.5 Å². The van der Waals surface area contributed by atoms with Crippen molar-refractivity contribution in [1.29, 1.82) is 0 Å². The van der Waals surface area contributed by atoms with Crippen LogP contribution in [0.3, 0.4) is 0 Å². The fourth-order valence-corrected chi connectivity index (χ4v) is 1.25. The molecule has 0 aliphatic heterocycles. The van der Waals surface area contributed by atoms with Crippen LogP contribution in [0.2, 0.25) is 0 Å². The third kappa shape index (κ3) is 3.16. The van der Waals surface area contributed by atoms with E-state index in [9.17, 15) is 8.42 Å². The first-order valence-electron chi connectivity index (χ1n) is 3.87. The van der Waals surface area contributed by atoms with Gasteiger partial charge < -0.3 is 4.57 Å². The molecule has 6 heteroatoms. The summed E-state index contributed by atoms with van der Waals surface area (Å²) in [7, 11) is -1.49. The highest BCUT2D eigenvalue weighted by Crippen LogP contribution is 1.94. The molecule has 13 heavy (non-hydrogen) atoms. The molecule has 0 unspecified atom stereocenters. The minimum absolute atomic E-state index is 0.467. The average Bonchev–Trinajstić information content (AvgIpc) is 2.50. The summed E-state index contributed by atoms with van der Waals surface area (Å²) in [6.07, 6.45) is 6.33. The van der Waals surface area contributed by atoms with Crippen LogP contribution in [0.25, 0.3) is 0 Å². The molecule has 0 saturated carbocycles. The van der Waals surface area contributed by atoms with Gasteiger partial charge in [0.25, 0.3) is 0 Å². The Balaban J connectivity index is 2.44. The average molecular weight is 203 g/mol. The zero-order chi connectivity index (χ0) is 9.90. The standard InChI is InChI=1S/C7H13N3O2S/c1-9(13(2,11)12)5-6-10-4-3-8-7-10/h3-4,7H,5-6H2,1-2H3. The number of nitrogens with zero attached hydrogens (tertiary/aromatic N) is 3. The summed E-state index contributed by atoms with van der Waals surface area (Å²) in [5, 5.41) is 0. The molecule has 1 aromatic rings. The van der Waals surface area contributed by atoms with Crippen molar-refractivity contribution >= 4 is 10.0 Å². The van der Waals surface area contributed by atoms with Crippen molar-refractivity contribution < 1.29 is 8.42 Å². The van der Waals surface area contributed by atoms with E-state index >= 15 is 0 Å². The van der Waals surface area contributed by atoms with Gasteiger partial charge in [-0.15, -0.1) is 0 Å². The van der Waals surface area contributed by atoms with Crippen LogP contribution in [0.5, 0.6) is 0 Å². The first kappa shape index (κ1) is 10.2. The molecular formula is C7H13N3O2S. The van der Waals surface area contributed by atoms with Crippen molar-refractivity contribution in [3.63, 3.8) is 0 Å². The smallest absolute Gasteiger partial charge is 0.211 e. The predicted molar refractivity (Wildman–Crippen MR) is 49.7 cm³/mol. The summed E-state index contributed by atoms with van der Waals surface area (Å²) in [5.74, 6) is 0. The van der Waals surface area contributed by atoms with E-state index in [2.05, 4.69) is 4.98 Å². The summed E-state index contributed by atoms with van der Waals surface area (Å²) in [6, 6.07) is 0. The van der Waals surface area contributed by atoms with Gasteiger partial charge >= 0.3 is 0 Å². The first-order valence-corrected chi connectivity index (χ1v) is 5.72. The van der Waals surface area contributed by atoms with Gasteiger partial charge in [0.2, 0.25) is 10.0 Å². The Bertz CT molecular complexity index is 344. The largest absolute Gasteiger partial charge is 0.336 e. The van der Waals surface area contributed by atoms with E-state index in [-0.39, 0.29) is 0 Å². The van der Waals surface area contributed by atoms with Crippen LogP contribution < -0.4 is 0 Å². The number of sulfonamides is 1. The summed E-state index contributed by atoms with van der Waals surface area (Å²) in [5.41, 5.74) is 0. The lowest BCUT2D eigenvalue weighted by molar-refractivity contribution is 0.449. The number of hydrogen-bond acceptors (Lipinski definition) is 3. The summed E-state index contributed by atoms with van der Waals surface area (Å²) >= 11 is 0. The van der Waals surface area contributed by atoms with E-state index in [0.717, 1.165) is 0 Å². The van der Waals surface area contributed by atoms with E-state index in [1.807, 2.05) is 4.57 Å². The second-order valence-electron chi connectivity index (χ2n) is 2.89. The van der Waals surface area contributed by atoms with Crippen molar-refractivity contribution in [2.75, 3.05) is 19.8 Å². The zero-order valence-electron chi connectivity index (χ0n) is 7.71. The zero-order valence-corrected chi connectivity index (χ0v) is 8.53. The molecule has 1 rings (SSSR count). The van der Waals surface area contributed by atoms with Crippen LogP contribution in [0.4, 0.5) is 0 Å². The molecule has 0 aliphatic carbocycles. The second kappa shape index (κ2) is 3.89. The molecule has 0 spiro atoms. The molecule has 1 heterocycles. The summed E-state index contributed by atoms with van der Waals surface area (Å²) in [6.45, 7) is 1.10. The number of aromatic nitrogens is 2. The molecule has 74 valence electrons. The first-order chi connectivity index (χ1) is 6.00. The van der Waals surface area contributed by atoms with Crippen LogP contribution in [-0.4, -0.2) is 42.1 Å². The lowest BCUT2D eigenvalue weighted by Crippen LogP contribution is -2.28. The van der Waals surface area contributed by atoms with Crippen LogP contribution in [0.15, 0.2) is 18.7 Å². The van der Waals surface area contributed by atoms with Crippen LogP contribution >= 0.6 is 0 Å². The molecule has 1 aromatic heterocycles. The highest BCUT2D eigenvalue weighted by atomic mass is 32.2. The van der Waals surface area contributed by atoms with Gasteiger partial charge in [-0.2, -0.15) is 0 Å². The van der Waals surface area contributed by atoms with E-state index in [0.29, 0.717) is 13.1 Å². The molecule has 0 bridgehead atoms. The van der Waals surface area contributed by atoms with E-state index in [1.165, 1.54) is 10.6 Å². The number of imidazole rings is 1. The van der Waals surface area contributed by atoms with Crippen LogP contribution in [0, 0.1) is 0 Å². The molecule has 0 amide bonds. The predicted octanol–water partition coefficient (Wildman–Crippen LogP) is -0.225. The quantitative estimate of drug-likeness (QED) is 0.679. The molecule has 0 radical (unpaired) electrons. The van der Waals surface area contributed by atoms with Crippen LogP contribution in [-0.2, 0) is 16.6 Å². The third-order valence-corrected chi connectivity index (χ3v) is 3.11. The molecule has 0 N–H and O–H groups in total. The lowest BCUT2D eigenvalue weighted by Gasteiger charge is -2.13. The minimum Gasteiger partial charge on any atom is -0.336 e. The summed E-state index contributed by atoms with van der Waals surface area (Å²) < 4.78 is 25.1. The molecule has 0 fully saturated rings. The van der Waals surface area contributed by atoms with Crippen molar-refractivity contribution in [2.24, 2.45) is 0 Å². The fourth-order valence-electron chi connectivity index (χ4n) is 0.841. The van der Waals surface area contributed by atoms with Gasteiger partial charge in [0.05, 0.1) is 12.6 Å². The molecule has 0 aromatic carbocycles. The maximum Gasteiger partial charge on any atom is 0.211 e. The molecular weight excluding hydrogens is 190 g/mol. The van der Waals surface area contributed by atoms with Crippen LogP contribution in [0.1, 0.15) is 0 Å². The lowest BCUT2D eigenvalue weighted by atomic mass is 10.6. The van der Waals surface area contributed by atoms with Crippen molar-refractivity contribution in [1.82, 2.24) is 13.9 Å². The molecule has 5 nitrogen and oxygen atoms in total.